The normalized spacial score (nSPS) is 12.2. The Kier molecular flexibility index (Phi) is 5.13. The monoisotopic (exact) mass is 453 g/mol. The number of aromatic nitrogens is 2. The third-order valence-corrected chi connectivity index (χ3v) is 6.64. The van der Waals surface area contributed by atoms with E-state index in [9.17, 15) is 9.18 Å². The van der Waals surface area contributed by atoms with Crippen molar-refractivity contribution in [3.63, 3.8) is 0 Å². The lowest BCUT2D eigenvalue weighted by molar-refractivity contribution is 0.0946. The van der Waals surface area contributed by atoms with E-state index in [2.05, 4.69) is 15.3 Å². The summed E-state index contributed by atoms with van der Waals surface area (Å²) in [6.45, 7) is 2.47. The Morgan fingerprint density at radius 2 is 1.94 bits per heavy atom. The summed E-state index contributed by atoms with van der Waals surface area (Å²) in [5.41, 5.74) is 2.80. The highest BCUT2D eigenvalue weighted by Crippen LogP contribution is 2.38. The van der Waals surface area contributed by atoms with Gasteiger partial charge in [0.15, 0.2) is 11.5 Å². The predicted molar refractivity (Wildman–Crippen MR) is 117 cm³/mol. The number of rotatable bonds is 5. The summed E-state index contributed by atoms with van der Waals surface area (Å²) in [6.07, 6.45) is 0. The highest BCUT2D eigenvalue weighted by atomic mass is 32.1. The summed E-state index contributed by atoms with van der Waals surface area (Å²) < 4.78 is 24.0. The van der Waals surface area contributed by atoms with E-state index in [4.69, 9.17) is 9.47 Å². The van der Waals surface area contributed by atoms with Crippen LogP contribution >= 0.6 is 22.7 Å². The van der Waals surface area contributed by atoms with Gasteiger partial charge >= 0.3 is 0 Å². The molecule has 5 rings (SSSR count). The zero-order valence-electron chi connectivity index (χ0n) is 16.3. The molecule has 156 valence electrons. The Balaban J connectivity index is 1.33. The van der Waals surface area contributed by atoms with Crippen molar-refractivity contribution in [3.05, 3.63) is 69.9 Å². The molecule has 2 aromatic heterocycles. The maximum atomic E-state index is 13.3. The van der Waals surface area contributed by atoms with Gasteiger partial charge in [0.25, 0.3) is 5.91 Å². The van der Waals surface area contributed by atoms with Crippen LogP contribution in [0.1, 0.15) is 21.1 Å². The number of carbonyl (C=O) groups is 1. The molecule has 0 radical (unpaired) electrons. The lowest BCUT2D eigenvalue weighted by atomic mass is 10.1. The Hall–Kier alpha value is -3.30. The fourth-order valence-corrected chi connectivity index (χ4v) is 5.01. The molecule has 0 atom stereocenters. The van der Waals surface area contributed by atoms with E-state index in [1.807, 2.05) is 25.1 Å². The van der Waals surface area contributed by atoms with Crippen LogP contribution in [0.5, 0.6) is 11.5 Å². The van der Waals surface area contributed by atoms with Gasteiger partial charge in [-0.3, -0.25) is 4.79 Å². The number of aryl methyl sites for hydroxylation is 1. The van der Waals surface area contributed by atoms with E-state index in [-0.39, 0.29) is 18.5 Å². The topological polar surface area (TPSA) is 73.3 Å². The fraction of sp³-hybridized carbons (Fsp3) is 0.136. The summed E-state index contributed by atoms with van der Waals surface area (Å²) in [6, 6.07) is 11.8. The first-order chi connectivity index (χ1) is 15.1. The highest BCUT2D eigenvalue weighted by molar-refractivity contribution is 7.21. The van der Waals surface area contributed by atoms with Crippen molar-refractivity contribution in [2.75, 3.05) is 6.79 Å². The van der Waals surface area contributed by atoms with Crippen molar-refractivity contribution >= 4 is 28.6 Å². The molecule has 0 unspecified atom stereocenters. The maximum absolute atomic E-state index is 13.3. The molecule has 3 heterocycles. The molecule has 1 aliphatic rings. The van der Waals surface area contributed by atoms with Gasteiger partial charge in [-0.05, 0) is 48.9 Å². The van der Waals surface area contributed by atoms with Gasteiger partial charge in [-0.2, -0.15) is 0 Å². The number of carbonyl (C=O) groups excluding carboxylic acids is 1. The molecule has 9 heteroatoms. The first-order valence-electron chi connectivity index (χ1n) is 9.43. The van der Waals surface area contributed by atoms with E-state index < -0.39 is 0 Å². The number of nitrogens with one attached hydrogen (secondary N) is 1. The van der Waals surface area contributed by atoms with Gasteiger partial charge < -0.3 is 14.8 Å². The number of hydrogen-bond acceptors (Lipinski definition) is 7. The number of halogens is 1. The van der Waals surface area contributed by atoms with Crippen LogP contribution in [0.2, 0.25) is 0 Å². The number of fused-ring (bicyclic) bond motifs is 1. The zero-order chi connectivity index (χ0) is 21.4. The summed E-state index contributed by atoms with van der Waals surface area (Å²) in [4.78, 5) is 22.6. The summed E-state index contributed by atoms with van der Waals surface area (Å²) in [5.74, 6) is 0.824. The number of ether oxygens (including phenoxy) is 2. The van der Waals surface area contributed by atoms with Gasteiger partial charge in [0.2, 0.25) is 6.79 Å². The molecule has 1 aliphatic heterocycles. The van der Waals surface area contributed by atoms with Gasteiger partial charge in [0.05, 0.1) is 15.6 Å². The van der Waals surface area contributed by atoms with Crippen molar-refractivity contribution in [1.29, 1.82) is 0 Å². The molecular weight excluding hydrogens is 437 g/mol. The maximum Gasteiger partial charge on any atom is 0.271 e. The summed E-state index contributed by atoms with van der Waals surface area (Å²) in [7, 11) is 0. The van der Waals surface area contributed by atoms with Crippen molar-refractivity contribution in [3.8, 4) is 32.6 Å². The molecule has 6 nitrogen and oxygen atoms in total. The van der Waals surface area contributed by atoms with Gasteiger partial charge in [0, 0.05) is 17.5 Å². The molecule has 2 aromatic carbocycles. The number of amides is 1. The minimum atomic E-state index is -0.298. The van der Waals surface area contributed by atoms with Crippen molar-refractivity contribution in [2.45, 2.75) is 13.5 Å². The van der Waals surface area contributed by atoms with E-state index in [0.717, 1.165) is 26.7 Å². The minimum absolute atomic E-state index is 0.212. The molecule has 0 saturated heterocycles. The third kappa shape index (κ3) is 4.01. The van der Waals surface area contributed by atoms with Crippen molar-refractivity contribution in [1.82, 2.24) is 15.3 Å². The average molecular weight is 454 g/mol. The smallest absolute Gasteiger partial charge is 0.271 e. The first kappa shape index (κ1) is 19.7. The van der Waals surface area contributed by atoms with E-state index in [1.54, 1.807) is 17.5 Å². The second-order valence-electron chi connectivity index (χ2n) is 6.83. The van der Waals surface area contributed by atoms with Crippen molar-refractivity contribution < 1.29 is 18.7 Å². The minimum Gasteiger partial charge on any atom is -0.454 e. The van der Waals surface area contributed by atoms with Gasteiger partial charge in [-0.25, -0.2) is 14.4 Å². The molecule has 1 amide bonds. The molecule has 0 aliphatic carbocycles. The Morgan fingerprint density at radius 3 is 2.77 bits per heavy atom. The summed E-state index contributed by atoms with van der Waals surface area (Å²) in [5, 5.41) is 6.19. The highest BCUT2D eigenvalue weighted by Gasteiger charge is 2.19. The lowest BCUT2D eigenvalue weighted by Crippen LogP contribution is -2.23. The molecule has 0 saturated carbocycles. The number of benzene rings is 2. The van der Waals surface area contributed by atoms with E-state index in [1.165, 1.54) is 34.8 Å². The predicted octanol–water partition coefficient (Wildman–Crippen LogP) is 5.04. The second kappa shape index (κ2) is 8.09. The average Bonchev–Trinajstić information content (AvgIpc) is 3.51. The Labute approximate surface area is 185 Å². The molecule has 31 heavy (non-hydrogen) atoms. The number of thiazole rings is 2. The van der Waals surface area contributed by atoms with E-state index in [0.29, 0.717) is 28.7 Å². The quantitative estimate of drug-likeness (QED) is 0.458. The molecule has 0 bridgehead atoms. The Morgan fingerprint density at radius 1 is 1.13 bits per heavy atom. The van der Waals surface area contributed by atoms with Crippen molar-refractivity contribution in [2.24, 2.45) is 0 Å². The molecule has 0 fully saturated rings. The van der Waals surface area contributed by atoms with Crippen LogP contribution in [-0.4, -0.2) is 22.7 Å². The van der Waals surface area contributed by atoms with Crippen LogP contribution in [-0.2, 0) is 6.54 Å². The first-order valence-corrected chi connectivity index (χ1v) is 11.1. The second-order valence-corrected chi connectivity index (χ2v) is 8.89. The molecular formula is C22H16FN3O3S2. The lowest BCUT2D eigenvalue weighted by Gasteiger charge is -2.05. The Bertz CT molecular complexity index is 1270. The fourth-order valence-electron chi connectivity index (χ4n) is 3.18. The standard InChI is InChI=1S/C22H16FN3O3S2/c1-12-25-19(14-3-5-15(23)6-4-14)20(31-12)22-26-16(10-30-22)21(27)24-9-13-2-7-17-18(8-13)29-11-28-17/h2-8,10H,9,11H2,1H3,(H,24,27). The molecule has 0 spiro atoms. The summed E-state index contributed by atoms with van der Waals surface area (Å²) >= 11 is 2.88. The van der Waals surface area contributed by atoms with Crippen LogP contribution in [0.25, 0.3) is 21.1 Å². The van der Waals surface area contributed by atoms with E-state index >= 15 is 0 Å². The number of nitrogens with zero attached hydrogens (tertiary/aromatic N) is 2. The SMILES string of the molecule is Cc1nc(-c2ccc(F)cc2)c(-c2nc(C(=O)NCc3ccc4c(c3)OCO4)cs2)s1. The van der Waals surface area contributed by atoms with Crippen LogP contribution in [0.15, 0.2) is 47.8 Å². The molecule has 4 aromatic rings. The van der Waals surface area contributed by atoms with Crippen LogP contribution in [0.3, 0.4) is 0 Å². The van der Waals surface area contributed by atoms with Gasteiger partial charge in [-0.15, -0.1) is 22.7 Å². The zero-order valence-corrected chi connectivity index (χ0v) is 18.0. The third-order valence-electron chi connectivity index (χ3n) is 4.67. The van der Waals surface area contributed by atoms with Gasteiger partial charge in [-0.1, -0.05) is 6.07 Å². The number of hydrogen-bond donors (Lipinski definition) is 1. The van der Waals surface area contributed by atoms with Crippen LogP contribution in [0, 0.1) is 12.7 Å². The molecule has 1 N–H and O–H groups in total. The van der Waals surface area contributed by atoms with Crippen LogP contribution < -0.4 is 14.8 Å². The largest absolute Gasteiger partial charge is 0.454 e. The van der Waals surface area contributed by atoms with Gasteiger partial charge in [0.1, 0.15) is 16.5 Å². The van der Waals surface area contributed by atoms with Crippen LogP contribution in [0.4, 0.5) is 4.39 Å².